The summed E-state index contributed by atoms with van der Waals surface area (Å²) >= 11 is 0. The molecule has 0 heterocycles. The molecule has 0 spiro atoms. The molecule has 3 N–H and O–H groups in total. The zero-order chi connectivity index (χ0) is 47.2. The summed E-state index contributed by atoms with van der Waals surface area (Å²) < 4.78 is 5.48. The van der Waals surface area contributed by atoms with E-state index in [4.69, 9.17) is 4.74 Å². The lowest BCUT2D eigenvalue weighted by Crippen LogP contribution is -2.45. The molecule has 2 atom stereocenters. The highest BCUT2D eigenvalue weighted by Crippen LogP contribution is 2.17. The zero-order valence-corrected chi connectivity index (χ0v) is 44.0. The molecule has 0 fully saturated rings. The van der Waals surface area contributed by atoms with Crippen molar-refractivity contribution in [1.82, 2.24) is 5.32 Å². The summed E-state index contributed by atoms with van der Waals surface area (Å²) in [7, 11) is 0. The Morgan fingerprint density at radius 1 is 0.415 bits per heavy atom. The van der Waals surface area contributed by atoms with E-state index in [9.17, 15) is 19.8 Å². The Morgan fingerprint density at radius 3 is 1.09 bits per heavy atom. The number of carbonyl (C=O) groups is 2. The molecule has 0 radical (unpaired) electrons. The van der Waals surface area contributed by atoms with Crippen LogP contribution in [-0.4, -0.2) is 47.4 Å². The SMILES string of the molecule is CCCCCCCCCCCCCCCCC(=O)OCCCCCCCCCCCCCC/C=C\CCCCCCCCCCC(=O)NC(CO)C(O)CCCCCCCCCCCC. The molecule has 0 aliphatic carbocycles. The van der Waals surface area contributed by atoms with Crippen LogP contribution in [-0.2, 0) is 14.3 Å². The average Bonchev–Trinajstić information content (AvgIpc) is 3.31. The number of rotatable bonds is 55. The molecular weight excluding hydrogens is 803 g/mol. The molecule has 0 aliphatic rings. The van der Waals surface area contributed by atoms with Crippen LogP contribution in [0.25, 0.3) is 0 Å². The van der Waals surface area contributed by atoms with E-state index < -0.39 is 12.1 Å². The van der Waals surface area contributed by atoms with E-state index in [-0.39, 0.29) is 18.5 Å². The van der Waals surface area contributed by atoms with Crippen LogP contribution in [0.4, 0.5) is 0 Å². The molecule has 0 aliphatic heterocycles. The van der Waals surface area contributed by atoms with Gasteiger partial charge in [-0.1, -0.05) is 276 Å². The molecule has 65 heavy (non-hydrogen) atoms. The maximum atomic E-state index is 12.4. The van der Waals surface area contributed by atoms with E-state index in [1.54, 1.807) is 0 Å². The lowest BCUT2D eigenvalue weighted by atomic mass is 10.0. The van der Waals surface area contributed by atoms with Gasteiger partial charge in [0.2, 0.25) is 5.91 Å². The number of hydrogen-bond donors (Lipinski definition) is 3. The molecule has 0 aromatic heterocycles. The van der Waals surface area contributed by atoms with E-state index in [0.717, 1.165) is 38.5 Å². The van der Waals surface area contributed by atoms with Crippen LogP contribution in [0, 0.1) is 0 Å². The van der Waals surface area contributed by atoms with Crippen molar-refractivity contribution < 1.29 is 24.5 Å². The number of nitrogens with one attached hydrogen (secondary N) is 1. The van der Waals surface area contributed by atoms with Crippen LogP contribution in [0.5, 0.6) is 0 Å². The Bertz CT molecular complexity index is 970. The Hall–Kier alpha value is -1.40. The topological polar surface area (TPSA) is 95.9 Å². The summed E-state index contributed by atoms with van der Waals surface area (Å²) in [5, 5.41) is 23.1. The molecule has 0 saturated carbocycles. The van der Waals surface area contributed by atoms with Crippen LogP contribution in [0.3, 0.4) is 0 Å². The van der Waals surface area contributed by atoms with Gasteiger partial charge in [-0.25, -0.2) is 0 Å². The second-order valence-electron chi connectivity index (χ2n) is 20.3. The molecule has 0 bridgehead atoms. The number of aliphatic hydroxyl groups is 2. The number of unbranched alkanes of at least 4 members (excludes halogenated alkanes) is 42. The molecular formula is C59H115NO5. The van der Waals surface area contributed by atoms with Gasteiger partial charge in [-0.15, -0.1) is 0 Å². The largest absolute Gasteiger partial charge is 0.466 e. The number of carbonyl (C=O) groups excluding carboxylic acids is 2. The van der Waals surface area contributed by atoms with Gasteiger partial charge in [-0.3, -0.25) is 9.59 Å². The lowest BCUT2D eigenvalue weighted by molar-refractivity contribution is -0.143. The van der Waals surface area contributed by atoms with E-state index >= 15 is 0 Å². The van der Waals surface area contributed by atoms with Crippen LogP contribution in [0.15, 0.2) is 12.2 Å². The molecule has 0 aromatic rings. The van der Waals surface area contributed by atoms with Gasteiger partial charge in [-0.2, -0.15) is 0 Å². The van der Waals surface area contributed by atoms with Crippen molar-refractivity contribution in [3.63, 3.8) is 0 Å². The fourth-order valence-corrected chi connectivity index (χ4v) is 9.28. The number of esters is 1. The Labute approximate surface area is 406 Å². The predicted molar refractivity (Wildman–Crippen MR) is 283 cm³/mol. The van der Waals surface area contributed by atoms with Gasteiger partial charge in [0.05, 0.1) is 25.4 Å². The lowest BCUT2D eigenvalue weighted by Gasteiger charge is -2.22. The summed E-state index contributed by atoms with van der Waals surface area (Å²) in [6.07, 6.45) is 65.0. The minimum absolute atomic E-state index is 0.0151. The first-order valence-corrected chi connectivity index (χ1v) is 29.4. The number of allylic oxidation sites excluding steroid dienone is 2. The predicted octanol–water partition coefficient (Wildman–Crippen LogP) is 18.1. The van der Waals surface area contributed by atoms with Gasteiger partial charge in [-0.05, 0) is 51.4 Å². The average molecular weight is 919 g/mol. The molecule has 0 saturated heterocycles. The fourth-order valence-electron chi connectivity index (χ4n) is 9.28. The number of ether oxygens (including phenoxy) is 1. The first kappa shape index (κ1) is 63.6. The van der Waals surface area contributed by atoms with Crippen molar-refractivity contribution in [3.8, 4) is 0 Å². The second kappa shape index (κ2) is 55.2. The van der Waals surface area contributed by atoms with Gasteiger partial charge < -0.3 is 20.3 Å². The van der Waals surface area contributed by atoms with Crippen molar-refractivity contribution in [2.75, 3.05) is 13.2 Å². The molecule has 1 amide bonds. The van der Waals surface area contributed by atoms with Crippen molar-refractivity contribution in [1.29, 1.82) is 0 Å². The van der Waals surface area contributed by atoms with Crippen LogP contribution < -0.4 is 5.32 Å². The molecule has 2 unspecified atom stereocenters. The van der Waals surface area contributed by atoms with E-state index in [2.05, 4.69) is 31.3 Å². The smallest absolute Gasteiger partial charge is 0.305 e. The minimum Gasteiger partial charge on any atom is -0.466 e. The zero-order valence-electron chi connectivity index (χ0n) is 44.0. The summed E-state index contributed by atoms with van der Waals surface area (Å²) in [5.74, 6) is -0.0250. The fraction of sp³-hybridized carbons (Fsp3) is 0.932. The number of aliphatic hydroxyl groups excluding tert-OH is 2. The quantitative estimate of drug-likeness (QED) is 0.0321. The third-order valence-corrected chi connectivity index (χ3v) is 13.8. The van der Waals surface area contributed by atoms with Crippen molar-refractivity contribution in [2.45, 2.75) is 341 Å². The van der Waals surface area contributed by atoms with Gasteiger partial charge in [0.1, 0.15) is 0 Å². The van der Waals surface area contributed by atoms with Crippen LogP contribution >= 0.6 is 0 Å². The number of hydrogen-bond acceptors (Lipinski definition) is 5. The van der Waals surface area contributed by atoms with Crippen molar-refractivity contribution in [2.24, 2.45) is 0 Å². The van der Waals surface area contributed by atoms with E-state index in [0.29, 0.717) is 25.9 Å². The second-order valence-corrected chi connectivity index (χ2v) is 20.3. The summed E-state index contributed by atoms with van der Waals surface area (Å²) in [6.45, 7) is 4.95. The third kappa shape index (κ3) is 51.8. The highest BCUT2D eigenvalue weighted by atomic mass is 16.5. The van der Waals surface area contributed by atoms with Gasteiger partial charge >= 0.3 is 5.97 Å². The number of amides is 1. The van der Waals surface area contributed by atoms with Gasteiger partial charge in [0.25, 0.3) is 0 Å². The maximum absolute atomic E-state index is 12.4. The summed E-state index contributed by atoms with van der Waals surface area (Å²) in [6, 6.07) is -0.542. The summed E-state index contributed by atoms with van der Waals surface area (Å²) in [5.41, 5.74) is 0. The van der Waals surface area contributed by atoms with Gasteiger partial charge in [0, 0.05) is 12.8 Å². The van der Waals surface area contributed by atoms with Crippen LogP contribution in [0.1, 0.15) is 328 Å². The standard InChI is InChI=1S/C59H115NO5/c1-3-5-7-9-11-13-15-16-30-33-37-41-45-49-53-59(64)65-54-50-46-42-38-34-31-28-26-24-22-20-18-17-19-21-23-25-27-29-32-36-40-44-48-52-58(63)60-56(55-61)57(62)51-47-43-39-35-14-12-10-8-6-4-2/h19,21,56-57,61-62H,3-18,20,22-55H2,1-2H3,(H,60,63)/b21-19-. The van der Waals surface area contributed by atoms with Crippen molar-refractivity contribution >= 4 is 11.9 Å². The molecule has 6 nitrogen and oxygen atoms in total. The van der Waals surface area contributed by atoms with E-state index in [1.165, 1.54) is 257 Å². The Balaban J connectivity index is 3.36. The maximum Gasteiger partial charge on any atom is 0.305 e. The minimum atomic E-state index is -0.664. The normalized spacial score (nSPS) is 12.6. The van der Waals surface area contributed by atoms with E-state index in [1.807, 2.05) is 0 Å². The monoisotopic (exact) mass is 918 g/mol. The highest BCUT2D eigenvalue weighted by molar-refractivity contribution is 5.76. The third-order valence-electron chi connectivity index (χ3n) is 13.8. The molecule has 0 aromatic carbocycles. The first-order chi connectivity index (χ1) is 32.0. The highest BCUT2D eigenvalue weighted by Gasteiger charge is 2.20. The first-order valence-electron chi connectivity index (χ1n) is 29.4. The van der Waals surface area contributed by atoms with Crippen LogP contribution in [0.2, 0.25) is 0 Å². The Morgan fingerprint density at radius 2 is 0.723 bits per heavy atom. The van der Waals surface area contributed by atoms with Gasteiger partial charge in [0.15, 0.2) is 0 Å². The molecule has 386 valence electrons. The van der Waals surface area contributed by atoms with Crippen molar-refractivity contribution in [3.05, 3.63) is 12.2 Å². The summed E-state index contributed by atoms with van der Waals surface area (Å²) in [4.78, 5) is 24.5. The molecule has 6 heteroatoms. The Kier molecular flexibility index (Phi) is 54.0. The molecule has 0 rings (SSSR count).